The smallest absolute Gasteiger partial charge is 0.0734 e. The van der Waals surface area contributed by atoms with Crippen LogP contribution in [0, 0.1) is 5.92 Å². The van der Waals surface area contributed by atoms with E-state index in [2.05, 4.69) is 29.6 Å². The lowest BCUT2D eigenvalue weighted by Crippen LogP contribution is -2.13. The van der Waals surface area contributed by atoms with E-state index in [1.54, 1.807) is 0 Å². The van der Waals surface area contributed by atoms with Crippen LogP contribution in [0.1, 0.15) is 36.1 Å². The number of hydrogen-bond donors (Lipinski definition) is 1. The highest BCUT2D eigenvalue weighted by molar-refractivity contribution is 7.19. The zero-order valence-electron chi connectivity index (χ0n) is 12.2. The van der Waals surface area contributed by atoms with Crippen molar-refractivity contribution < 1.29 is 4.74 Å². The van der Waals surface area contributed by atoms with Gasteiger partial charge in [0.25, 0.3) is 0 Å². The molecule has 0 aliphatic heterocycles. The summed E-state index contributed by atoms with van der Waals surface area (Å²) in [7, 11) is 2.01. The Hall–Kier alpha value is -0.900. The van der Waals surface area contributed by atoms with Crippen LogP contribution in [0.4, 0.5) is 0 Å². The Morgan fingerprint density at radius 2 is 2.15 bits per heavy atom. The highest BCUT2D eigenvalue weighted by atomic mass is 32.1. The summed E-state index contributed by atoms with van der Waals surface area (Å²) < 4.78 is 7.33. The second-order valence-corrected chi connectivity index (χ2v) is 6.81. The molecule has 1 aromatic carbocycles. The molecule has 1 aromatic heterocycles. The monoisotopic (exact) mass is 289 g/mol. The molecule has 2 aromatic rings. The van der Waals surface area contributed by atoms with E-state index in [1.165, 1.54) is 46.2 Å². The van der Waals surface area contributed by atoms with E-state index in [9.17, 15) is 0 Å². The third-order valence-electron chi connectivity index (χ3n) is 4.26. The maximum absolute atomic E-state index is 5.96. The van der Waals surface area contributed by atoms with E-state index < -0.39 is 0 Å². The Morgan fingerprint density at radius 3 is 2.90 bits per heavy atom. The average Bonchev–Trinajstić information content (AvgIpc) is 2.75. The number of ether oxygens (including phenoxy) is 1. The van der Waals surface area contributed by atoms with Crippen molar-refractivity contribution in [2.75, 3.05) is 13.7 Å². The molecule has 1 saturated carbocycles. The van der Waals surface area contributed by atoms with E-state index >= 15 is 0 Å². The van der Waals surface area contributed by atoms with Crippen molar-refractivity contribution in [1.29, 1.82) is 0 Å². The molecule has 0 spiro atoms. The fraction of sp³-hybridized carbons (Fsp3) is 0.529. The first-order valence-electron chi connectivity index (χ1n) is 7.60. The minimum atomic E-state index is 0.758. The van der Waals surface area contributed by atoms with Gasteiger partial charge in [0.2, 0.25) is 0 Å². The molecule has 2 nitrogen and oxygen atoms in total. The van der Waals surface area contributed by atoms with Crippen LogP contribution in [0.5, 0.6) is 0 Å². The van der Waals surface area contributed by atoms with E-state index in [4.69, 9.17) is 4.74 Å². The average molecular weight is 289 g/mol. The predicted molar refractivity (Wildman–Crippen MR) is 86.2 cm³/mol. The van der Waals surface area contributed by atoms with Crippen molar-refractivity contribution in [3.8, 4) is 0 Å². The van der Waals surface area contributed by atoms with Crippen LogP contribution in [0.25, 0.3) is 10.1 Å². The summed E-state index contributed by atoms with van der Waals surface area (Å²) >= 11 is 1.89. The SMILES string of the molecule is CNCc1sc2ccccc2c1COCCC1CCC1. The van der Waals surface area contributed by atoms with Gasteiger partial charge in [-0.1, -0.05) is 37.5 Å². The molecule has 0 bridgehead atoms. The molecular formula is C17H23NOS. The second kappa shape index (κ2) is 6.70. The molecule has 0 amide bonds. The molecule has 3 rings (SSSR count). The van der Waals surface area contributed by atoms with Crippen molar-refractivity contribution in [2.45, 2.75) is 38.8 Å². The third-order valence-corrected chi connectivity index (χ3v) is 5.47. The molecule has 0 radical (unpaired) electrons. The lowest BCUT2D eigenvalue weighted by molar-refractivity contribution is 0.0954. The highest BCUT2D eigenvalue weighted by Crippen LogP contribution is 2.32. The molecule has 1 heterocycles. The molecule has 3 heteroatoms. The standard InChI is InChI=1S/C17H23NOS/c1-18-11-17-15(12-19-10-9-13-5-4-6-13)14-7-2-3-8-16(14)20-17/h2-3,7-8,13,18H,4-6,9-12H2,1H3. The van der Waals surface area contributed by atoms with Gasteiger partial charge in [0.05, 0.1) is 6.61 Å². The van der Waals surface area contributed by atoms with Gasteiger partial charge in [-0.25, -0.2) is 0 Å². The molecule has 108 valence electrons. The van der Waals surface area contributed by atoms with Crippen LogP contribution in [0.15, 0.2) is 24.3 Å². The summed E-state index contributed by atoms with van der Waals surface area (Å²) in [6.45, 7) is 2.60. The molecule has 1 aliphatic rings. The number of hydrogen-bond acceptors (Lipinski definition) is 3. The number of benzene rings is 1. The molecule has 0 saturated heterocycles. The summed E-state index contributed by atoms with van der Waals surface area (Å²) in [6, 6.07) is 8.66. The number of thiophene rings is 1. The van der Waals surface area contributed by atoms with Gasteiger partial charge in [0.15, 0.2) is 0 Å². The third kappa shape index (κ3) is 3.05. The van der Waals surface area contributed by atoms with Crippen LogP contribution in [0.3, 0.4) is 0 Å². The first kappa shape index (κ1) is 14.1. The summed E-state index contributed by atoms with van der Waals surface area (Å²) in [5.41, 5.74) is 1.38. The van der Waals surface area contributed by atoms with Gasteiger partial charge in [-0.15, -0.1) is 11.3 Å². The maximum Gasteiger partial charge on any atom is 0.0734 e. The Kier molecular flexibility index (Phi) is 4.71. The molecule has 0 unspecified atom stereocenters. The summed E-state index contributed by atoms with van der Waals surface area (Å²) in [6.07, 6.45) is 5.49. The van der Waals surface area contributed by atoms with Gasteiger partial charge < -0.3 is 10.1 Å². The first-order valence-corrected chi connectivity index (χ1v) is 8.41. The van der Waals surface area contributed by atoms with Gasteiger partial charge in [-0.2, -0.15) is 0 Å². The van der Waals surface area contributed by atoms with Crippen molar-refractivity contribution >= 4 is 21.4 Å². The van der Waals surface area contributed by atoms with E-state index in [-0.39, 0.29) is 0 Å². The van der Waals surface area contributed by atoms with Crippen molar-refractivity contribution in [1.82, 2.24) is 5.32 Å². The zero-order valence-corrected chi connectivity index (χ0v) is 13.0. The number of nitrogens with one attached hydrogen (secondary N) is 1. The quantitative estimate of drug-likeness (QED) is 0.766. The van der Waals surface area contributed by atoms with Gasteiger partial charge in [0, 0.05) is 28.3 Å². The maximum atomic E-state index is 5.96. The van der Waals surface area contributed by atoms with Gasteiger partial charge in [-0.05, 0) is 30.8 Å². The van der Waals surface area contributed by atoms with E-state index in [0.717, 1.165) is 25.7 Å². The molecule has 1 N–H and O–H groups in total. The molecule has 1 fully saturated rings. The summed E-state index contributed by atoms with van der Waals surface area (Å²) in [5.74, 6) is 0.936. The second-order valence-electron chi connectivity index (χ2n) is 5.67. The predicted octanol–water partition coefficient (Wildman–Crippen LogP) is 4.33. The lowest BCUT2D eigenvalue weighted by Gasteiger charge is -2.24. The fourth-order valence-electron chi connectivity index (χ4n) is 2.82. The molecule has 0 atom stereocenters. The zero-order chi connectivity index (χ0) is 13.8. The van der Waals surface area contributed by atoms with Crippen LogP contribution in [-0.4, -0.2) is 13.7 Å². The molecular weight excluding hydrogens is 266 g/mol. The van der Waals surface area contributed by atoms with Crippen LogP contribution in [-0.2, 0) is 17.9 Å². The minimum Gasteiger partial charge on any atom is -0.377 e. The van der Waals surface area contributed by atoms with Gasteiger partial charge >= 0.3 is 0 Å². The number of rotatable bonds is 7. The largest absolute Gasteiger partial charge is 0.377 e. The normalized spacial score (nSPS) is 15.7. The Morgan fingerprint density at radius 1 is 1.30 bits per heavy atom. The van der Waals surface area contributed by atoms with Crippen molar-refractivity contribution in [3.05, 3.63) is 34.7 Å². The Balaban J connectivity index is 1.66. The van der Waals surface area contributed by atoms with Crippen LogP contribution >= 0.6 is 11.3 Å². The minimum absolute atomic E-state index is 0.758. The first-order chi connectivity index (χ1) is 9.88. The topological polar surface area (TPSA) is 21.3 Å². The van der Waals surface area contributed by atoms with Gasteiger partial charge in [-0.3, -0.25) is 0 Å². The Labute approximate surface area is 125 Å². The van der Waals surface area contributed by atoms with Crippen molar-refractivity contribution in [2.24, 2.45) is 5.92 Å². The van der Waals surface area contributed by atoms with E-state index in [1.807, 2.05) is 18.4 Å². The highest BCUT2D eigenvalue weighted by Gasteiger charge is 2.17. The van der Waals surface area contributed by atoms with Crippen LogP contribution < -0.4 is 5.32 Å². The number of fused-ring (bicyclic) bond motifs is 1. The van der Waals surface area contributed by atoms with Crippen LogP contribution in [0.2, 0.25) is 0 Å². The summed E-state index contributed by atoms with van der Waals surface area (Å²) in [4.78, 5) is 1.41. The lowest BCUT2D eigenvalue weighted by atomic mass is 9.83. The summed E-state index contributed by atoms with van der Waals surface area (Å²) in [5, 5.41) is 4.63. The Bertz CT molecular complexity index is 559. The van der Waals surface area contributed by atoms with E-state index in [0.29, 0.717) is 0 Å². The van der Waals surface area contributed by atoms with Gasteiger partial charge in [0.1, 0.15) is 0 Å². The van der Waals surface area contributed by atoms with Crippen molar-refractivity contribution in [3.63, 3.8) is 0 Å². The molecule has 1 aliphatic carbocycles. The molecule has 20 heavy (non-hydrogen) atoms. The fourth-order valence-corrected chi connectivity index (χ4v) is 4.04.